The third-order valence-electron chi connectivity index (χ3n) is 7.37. The third-order valence-corrected chi connectivity index (χ3v) is 7.37. The van der Waals surface area contributed by atoms with E-state index in [1.165, 1.54) is 12.8 Å². The fraction of sp³-hybridized carbons (Fsp3) is 0.680. The predicted octanol–water partition coefficient (Wildman–Crippen LogP) is 3.84. The summed E-state index contributed by atoms with van der Waals surface area (Å²) in [5, 5.41) is 7.06. The average molecular weight is 540 g/mol. The molecular weight excluding hydrogens is 499 g/mol. The zero-order chi connectivity index (χ0) is 23.9. The van der Waals surface area contributed by atoms with Crippen molar-refractivity contribution < 1.29 is 0 Å². The zero-order valence-corrected chi connectivity index (χ0v) is 23.4. The van der Waals surface area contributed by atoms with Crippen LogP contribution in [0.3, 0.4) is 0 Å². The number of piperidine rings is 2. The summed E-state index contributed by atoms with van der Waals surface area (Å²) in [5.74, 6) is 3.18. The van der Waals surface area contributed by atoms with Crippen molar-refractivity contribution in [3.63, 3.8) is 0 Å². The maximum absolute atomic E-state index is 12.9. The van der Waals surface area contributed by atoms with Crippen LogP contribution >= 0.6 is 24.8 Å². The van der Waals surface area contributed by atoms with Crippen LogP contribution in [0.2, 0.25) is 0 Å². The lowest BCUT2D eigenvalue weighted by atomic mass is 9.93. The van der Waals surface area contributed by atoms with E-state index in [0.717, 1.165) is 68.4 Å². The molecule has 1 N–H and O–H groups in total. The molecule has 0 amide bonds. The van der Waals surface area contributed by atoms with Gasteiger partial charge in [-0.05, 0) is 62.2 Å². The number of H-pyrrole nitrogens is 1. The Morgan fingerprint density at radius 1 is 1.08 bits per heavy atom. The van der Waals surface area contributed by atoms with E-state index >= 15 is 0 Å². The summed E-state index contributed by atoms with van der Waals surface area (Å²) in [6.07, 6.45) is 6.35. The van der Waals surface area contributed by atoms with Crippen molar-refractivity contribution in [2.24, 2.45) is 18.4 Å². The van der Waals surface area contributed by atoms with Gasteiger partial charge in [0.15, 0.2) is 5.65 Å². The Kier molecular flexibility index (Phi) is 9.11. The Morgan fingerprint density at radius 2 is 1.83 bits per heavy atom. The number of hydrogen-bond acceptors (Lipinski definition) is 6. The molecule has 9 nitrogen and oxygen atoms in total. The van der Waals surface area contributed by atoms with Crippen LogP contribution in [0, 0.1) is 11.3 Å². The van der Waals surface area contributed by atoms with Crippen LogP contribution in [-0.2, 0) is 13.6 Å². The van der Waals surface area contributed by atoms with Gasteiger partial charge in [0.1, 0.15) is 18.0 Å². The molecular formula is C25H40Cl2N8O. The van der Waals surface area contributed by atoms with E-state index in [-0.39, 0.29) is 35.9 Å². The molecule has 1 atom stereocenters. The normalized spacial score (nSPS) is 19.8. The summed E-state index contributed by atoms with van der Waals surface area (Å²) in [6.45, 7) is 12.6. The van der Waals surface area contributed by atoms with Gasteiger partial charge < -0.3 is 9.80 Å². The highest BCUT2D eigenvalue weighted by molar-refractivity contribution is 5.85. The smallest absolute Gasteiger partial charge is 0.330 e. The van der Waals surface area contributed by atoms with Crippen LogP contribution < -0.4 is 10.6 Å². The lowest BCUT2D eigenvalue weighted by molar-refractivity contribution is 0.172. The van der Waals surface area contributed by atoms with Crippen LogP contribution in [-0.4, -0.2) is 66.9 Å². The van der Waals surface area contributed by atoms with Gasteiger partial charge in [0.2, 0.25) is 0 Å². The molecule has 0 spiro atoms. The molecule has 2 aliphatic heterocycles. The number of hydrogen-bond donors (Lipinski definition) is 1. The Balaban J connectivity index is 0.00000180. The molecule has 2 fully saturated rings. The van der Waals surface area contributed by atoms with E-state index in [9.17, 15) is 4.79 Å². The van der Waals surface area contributed by atoms with Crippen molar-refractivity contribution in [1.29, 1.82) is 0 Å². The first kappa shape index (κ1) is 28.5. The maximum Gasteiger partial charge on any atom is 0.330 e. The number of anilines is 1. The van der Waals surface area contributed by atoms with Crippen molar-refractivity contribution in [2.45, 2.75) is 58.9 Å². The second-order valence-electron chi connectivity index (χ2n) is 11.4. The Labute approximate surface area is 225 Å². The van der Waals surface area contributed by atoms with E-state index in [1.54, 1.807) is 10.9 Å². The number of fused-ring (bicyclic) bond motifs is 1. The molecule has 0 aromatic carbocycles. The summed E-state index contributed by atoms with van der Waals surface area (Å²) < 4.78 is 3.57. The van der Waals surface area contributed by atoms with Crippen molar-refractivity contribution in [2.75, 3.05) is 37.6 Å². The molecule has 0 radical (unpaired) electrons. The van der Waals surface area contributed by atoms with E-state index in [1.807, 2.05) is 11.6 Å². The first-order chi connectivity index (χ1) is 16.3. The maximum atomic E-state index is 12.9. The Bertz CT molecular complexity index is 1180. The van der Waals surface area contributed by atoms with Crippen molar-refractivity contribution in [3.8, 4) is 0 Å². The van der Waals surface area contributed by atoms with Gasteiger partial charge in [-0.2, -0.15) is 5.10 Å². The number of rotatable bonds is 5. The largest absolute Gasteiger partial charge is 0.356 e. The van der Waals surface area contributed by atoms with E-state index in [4.69, 9.17) is 4.98 Å². The first-order valence-corrected chi connectivity index (χ1v) is 12.7. The van der Waals surface area contributed by atoms with Crippen molar-refractivity contribution in [3.05, 3.63) is 34.8 Å². The van der Waals surface area contributed by atoms with Crippen LogP contribution in [0.4, 0.5) is 5.82 Å². The second kappa shape index (κ2) is 11.5. The quantitative estimate of drug-likeness (QED) is 0.530. The molecule has 200 valence electrons. The highest BCUT2D eigenvalue weighted by atomic mass is 35.5. The number of nitrogens with one attached hydrogen (secondary N) is 1. The van der Waals surface area contributed by atoms with Crippen LogP contribution in [0.15, 0.2) is 23.3 Å². The number of aromatic nitrogens is 6. The minimum atomic E-state index is 0. The summed E-state index contributed by atoms with van der Waals surface area (Å²) in [5.41, 5.74) is 1.75. The lowest BCUT2D eigenvalue weighted by Crippen LogP contribution is -2.43. The fourth-order valence-corrected chi connectivity index (χ4v) is 5.65. The number of imidazole rings is 1. The molecule has 3 aromatic rings. The molecule has 5 rings (SSSR count). The van der Waals surface area contributed by atoms with Crippen LogP contribution in [0.5, 0.6) is 0 Å². The Hall–Kier alpha value is -2.10. The molecule has 2 saturated heterocycles. The number of likely N-dealkylation sites (tertiary alicyclic amines) is 1. The van der Waals surface area contributed by atoms with Gasteiger partial charge >= 0.3 is 5.69 Å². The van der Waals surface area contributed by atoms with E-state index in [0.29, 0.717) is 18.4 Å². The van der Waals surface area contributed by atoms with E-state index in [2.05, 4.69) is 57.9 Å². The standard InChI is InChI=1S/C25H38N8O.2ClH/c1-25(2,3)16-33-20-7-8-21(28-23(20)30(4)24(33)34)32-11-5-6-18(15-32)14-31-12-9-19(10-13-31)22-26-17-27-29-22;;/h7-8,17-19H,5-6,9-16H2,1-4H3,(H,26,27,29);2*1H. The van der Waals surface area contributed by atoms with Gasteiger partial charge in [-0.3, -0.25) is 14.2 Å². The molecule has 1 unspecified atom stereocenters. The number of nitrogens with zero attached hydrogens (tertiary/aromatic N) is 7. The molecule has 0 saturated carbocycles. The minimum absolute atomic E-state index is 0. The Morgan fingerprint density at radius 3 is 2.50 bits per heavy atom. The SMILES string of the molecule is Cl.Cl.Cn1c(=O)n(CC(C)(C)C)c2ccc(N3CCCC(CN4CCC(c5ncn[nH]5)CC4)C3)nc21. The van der Waals surface area contributed by atoms with Crippen LogP contribution in [0.25, 0.3) is 11.2 Å². The van der Waals surface area contributed by atoms with Gasteiger partial charge in [-0.25, -0.2) is 14.8 Å². The molecule has 36 heavy (non-hydrogen) atoms. The molecule has 3 aromatic heterocycles. The summed E-state index contributed by atoms with van der Waals surface area (Å²) in [7, 11) is 1.84. The molecule has 2 aliphatic rings. The highest BCUT2D eigenvalue weighted by Gasteiger charge is 2.27. The van der Waals surface area contributed by atoms with Crippen molar-refractivity contribution in [1.82, 2.24) is 34.2 Å². The van der Waals surface area contributed by atoms with Gasteiger partial charge in [-0.1, -0.05) is 20.8 Å². The van der Waals surface area contributed by atoms with Gasteiger partial charge in [0, 0.05) is 39.1 Å². The fourth-order valence-electron chi connectivity index (χ4n) is 5.65. The topological polar surface area (TPSA) is 87.9 Å². The summed E-state index contributed by atoms with van der Waals surface area (Å²) in [6, 6.07) is 4.19. The molecule has 0 bridgehead atoms. The highest BCUT2D eigenvalue weighted by Crippen LogP contribution is 2.28. The number of pyridine rings is 1. The average Bonchev–Trinajstić information content (AvgIpc) is 3.43. The van der Waals surface area contributed by atoms with E-state index < -0.39 is 0 Å². The number of aromatic amines is 1. The molecule has 0 aliphatic carbocycles. The third kappa shape index (κ3) is 6.06. The minimum Gasteiger partial charge on any atom is -0.356 e. The second-order valence-corrected chi connectivity index (χ2v) is 11.4. The molecule has 5 heterocycles. The van der Waals surface area contributed by atoms with Crippen LogP contribution in [0.1, 0.15) is 58.2 Å². The van der Waals surface area contributed by atoms with Crippen molar-refractivity contribution >= 4 is 41.8 Å². The molecule has 11 heteroatoms. The monoisotopic (exact) mass is 538 g/mol. The summed E-state index contributed by atoms with van der Waals surface area (Å²) in [4.78, 5) is 27.2. The number of aryl methyl sites for hydroxylation is 1. The summed E-state index contributed by atoms with van der Waals surface area (Å²) >= 11 is 0. The zero-order valence-electron chi connectivity index (χ0n) is 21.8. The van der Waals surface area contributed by atoms with Gasteiger partial charge in [0.25, 0.3) is 0 Å². The first-order valence-electron chi connectivity index (χ1n) is 12.7. The number of halogens is 2. The predicted molar refractivity (Wildman–Crippen MR) is 149 cm³/mol. The van der Waals surface area contributed by atoms with Gasteiger partial charge in [0.05, 0.1) is 5.52 Å². The lowest BCUT2D eigenvalue weighted by Gasteiger charge is -2.38. The van der Waals surface area contributed by atoms with Gasteiger partial charge in [-0.15, -0.1) is 24.8 Å².